The van der Waals surface area contributed by atoms with Gasteiger partial charge in [-0.3, -0.25) is 9.08 Å². The number of unbranched alkanes of at least 4 members (excludes halogenated alkanes) is 1. The number of aryl methyl sites for hydroxylation is 1. The zero-order valence-electron chi connectivity index (χ0n) is 23.7. The number of hydrogen-bond acceptors (Lipinski definition) is 6. The summed E-state index contributed by atoms with van der Waals surface area (Å²) < 4.78 is 42.2. The van der Waals surface area contributed by atoms with Crippen LogP contribution in [0, 0.1) is 6.92 Å². The van der Waals surface area contributed by atoms with E-state index in [0.717, 1.165) is 24.0 Å². The minimum atomic E-state index is -3.81. The van der Waals surface area contributed by atoms with Crippen molar-refractivity contribution in [1.29, 1.82) is 0 Å². The first kappa shape index (κ1) is 30.9. The maximum absolute atomic E-state index is 13.5. The molecule has 7 nitrogen and oxygen atoms in total. The maximum atomic E-state index is 13.5. The molecule has 1 saturated heterocycles. The average Bonchev–Trinajstić information content (AvgIpc) is 3.22. The number of carbonyl (C=O) groups excluding carboxylic acids is 1. The lowest BCUT2D eigenvalue weighted by Crippen LogP contribution is -2.53. The lowest BCUT2D eigenvalue weighted by atomic mass is 9.86. The van der Waals surface area contributed by atoms with E-state index in [-0.39, 0.29) is 23.6 Å². The minimum Gasteiger partial charge on any atom is -0.444 e. The number of rotatable bonds is 13. The molecule has 214 valence electrons. The molecule has 1 aliphatic heterocycles. The van der Waals surface area contributed by atoms with Gasteiger partial charge in [0.2, 0.25) is 0 Å². The molecule has 39 heavy (non-hydrogen) atoms. The number of carbonyl (C=O) groups is 1. The number of likely N-dealkylation sites (tertiary alicyclic amines) is 1. The van der Waals surface area contributed by atoms with Crippen molar-refractivity contribution in [2.24, 2.45) is 0 Å². The van der Waals surface area contributed by atoms with Gasteiger partial charge in [0.1, 0.15) is 5.60 Å². The molecule has 2 aromatic carbocycles. The van der Waals surface area contributed by atoms with Gasteiger partial charge in [0.05, 0.1) is 36.3 Å². The highest BCUT2D eigenvalue weighted by Crippen LogP contribution is 2.42. The second-order valence-corrected chi connectivity index (χ2v) is 12.9. The van der Waals surface area contributed by atoms with E-state index in [0.29, 0.717) is 38.9 Å². The second kappa shape index (κ2) is 13.6. The molecule has 2 aromatic rings. The molecule has 0 aromatic heterocycles. The predicted octanol–water partition coefficient (Wildman–Crippen LogP) is 6.80. The Bertz CT molecular complexity index is 1170. The van der Waals surface area contributed by atoms with Gasteiger partial charge in [-0.2, -0.15) is 8.42 Å². The van der Waals surface area contributed by atoms with E-state index >= 15 is 0 Å². The first-order chi connectivity index (χ1) is 18.5. The zero-order valence-corrected chi connectivity index (χ0v) is 24.5. The highest BCUT2D eigenvalue weighted by atomic mass is 32.2. The second-order valence-electron chi connectivity index (χ2n) is 11.3. The van der Waals surface area contributed by atoms with E-state index in [9.17, 15) is 13.2 Å². The van der Waals surface area contributed by atoms with Crippen LogP contribution < -0.4 is 0 Å². The number of ether oxygens (including phenoxy) is 2. The van der Waals surface area contributed by atoms with Crippen LogP contribution in [0.4, 0.5) is 4.79 Å². The van der Waals surface area contributed by atoms with Gasteiger partial charge in [0.25, 0.3) is 10.1 Å². The third kappa shape index (κ3) is 8.92. The van der Waals surface area contributed by atoms with Crippen molar-refractivity contribution in [3.63, 3.8) is 0 Å². The van der Waals surface area contributed by atoms with E-state index in [1.165, 1.54) is 0 Å². The Hall–Kier alpha value is -2.68. The molecule has 1 fully saturated rings. The number of hydrogen-bond donors (Lipinski definition) is 0. The third-order valence-electron chi connectivity index (χ3n) is 6.94. The predicted molar refractivity (Wildman–Crippen MR) is 153 cm³/mol. The number of benzene rings is 2. The molecule has 1 amide bonds. The van der Waals surface area contributed by atoms with E-state index < -0.39 is 21.3 Å². The van der Waals surface area contributed by atoms with Crippen LogP contribution in [-0.4, -0.2) is 49.8 Å². The number of nitrogens with zero attached hydrogens (tertiary/aromatic N) is 1. The Morgan fingerprint density at radius 2 is 1.79 bits per heavy atom. The van der Waals surface area contributed by atoms with E-state index in [2.05, 4.69) is 6.58 Å². The molecule has 0 saturated carbocycles. The largest absolute Gasteiger partial charge is 0.444 e. The van der Waals surface area contributed by atoms with Gasteiger partial charge < -0.3 is 9.47 Å². The summed E-state index contributed by atoms with van der Waals surface area (Å²) in [7, 11) is -3.81. The lowest BCUT2D eigenvalue weighted by molar-refractivity contribution is -0.0193. The fourth-order valence-electron chi connectivity index (χ4n) is 5.09. The summed E-state index contributed by atoms with van der Waals surface area (Å²) in [5.74, 6) is 0. The summed E-state index contributed by atoms with van der Waals surface area (Å²) in [5, 5.41) is 0. The Kier molecular flexibility index (Phi) is 10.8. The standard InChI is InChI=1S/C31H43NO6S/c1-6-19-31(20-10-11-22-37-39(34,35)28-16-14-25(2)15-17-28)21-18-27(32(31)29(33)38-30(3,4)5)24-36-23-26-12-8-7-9-13-26/h6-9,12-17,27H,1,10-11,18-24H2,2-5H3/t27-,31-/m0/s1. The summed E-state index contributed by atoms with van der Waals surface area (Å²) >= 11 is 0. The molecule has 0 aliphatic carbocycles. The molecule has 8 heteroatoms. The first-order valence-corrected chi connectivity index (χ1v) is 15.1. The Morgan fingerprint density at radius 1 is 1.10 bits per heavy atom. The van der Waals surface area contributed by atoms with Gasteiger partial charge in [-0.25, -0.2) is 4.79 Å². The van der Waals surface area contributed by atoms with Crippen LogP contribution >= 0.6 is 0 Å². The molecule has 0 spiro atoms. The molecule has 0 bridgehead atoms. The Labute approximate surface area is 234 Å². The van der Waals surface area contributed by atoms with Gasteiger partial charge in [0, 0.05) is 0 Å². The highest BCUT2D eigenvalue weighted by Gasteiger charge is 2.49. The molecule has 0 N–H and O–H groups in total. The van der Waals surface area contributed by atoms with Gasteiger partial charge in [0.15, 0.2) is 0 Å². The average molecular weight is 558 g/mol. The normalized spacial score (nSPS) is 19.7. The molecular formula is C31H43NO6S. The Balaban J connectivity index is 1.65. The van der Waals surface area contributed by atoms with Crippen molar-refractivity contribution < 1.29 is 26.9 Å². The van der Waals surface area contributed by atoms with Crippen LogP contribution in [0.15, 0.2) is 72.1 Å². The van der Waals surface area contributed by atoms with Crippen LogP contribution in [0.25, 0.3) is 0 Å². The Morgan fingerprint density at radius 3 is 2.44 bits per heavy atom. The van der Waals surface area contributed by atoms with Crippen LogP contribution in [-0.2, 0) is 30.4 Å². The van der Waals surface area contributed by atoms with Crippen LogP contribution in [0.5, 0.6) is 0 Å². The van der Waals surface area contributed by atoms with Gasteiger partial charge in [-0.1, -0.05) is 54.1 Å². The van der Waals surface area contributed by atoms with E-state index in [4.69, 9.17) is 13.7 Å². The molecular weight excluding hydrogens is 514 g/mol. The summed E-state index contributed by atoms with van der Waals surface area (Å²) in [4.78, 5) is 15.5. The summed E-state index contributed by atoms with van der Waals surface area (Å²) in [6.45, 7) is 12.4. The molecule has 1 heterocycles. The van der Waals surface area contributed by atoms with Crippen LogP contribution in [0.3, 0.4) is 0 Å². The summed E-state index contributed by atoms with van der Waals surface area (Å²) in [6, 6.07) is 16.5. The first-order valence-electron chi connectivity index (χ1n) is 13.7. The number of amides is 1. The van der Waals surface area contributed by atoms with Crippen molar-refractivity contribution in [3.05, 3.63) is 78.4 Å². The molecule has 0 radical (unpaired) electrons. The molecule has 1 aliphatic rings. The smallest absolute Gasteiger partial charge is 0.411 e. The monoisotopic (exact) mass is 557 g/mol. The lowest BCUT2D eigenvalue weighted by Gasteiger charge is -2.41. The fourth-order valence-corrected chi connectivity index (χ4v) is 6.03. The third-order valence-corrected chi connectivity index (χ3v) is 8.27. The fraction of sp³-hybridized carbons (Fsp3) is 0.516. The van der Waals surface area contributed by atoms with Crippen molar-refractivity contribution in [2.75, 3.05) is 13.2 Å². The minimum absolute atomic E-state index is 0.0798. The molecule has 3 rings (SSSR count). The highest BCUT2D eigenvalue weighted by molar-refractivity contribution is 7.86. The van der Waals surface area contributed by atoms with Crippen LogP contribution in [0.1, 0.15) is 70.4 Å². The van der Waals surface area contributed by atoms with Crippen molar-refractivity contribution in [1.82, 2.24) is 4.90 Å². The van der Waals surface area contributed by atoms with Gasteiger partial charge >= 0.3 is 6.09 Å². The van der Waals surface area contributed by atoms with Crippen molar-refractivity contribution in [3.8, 4) is 0 Å². The summed E-state index contributed by atoms with van der Waals surface area (Å²) in [6.07, 6.45) is 5.61. The van der Waals surface area contributed by atoms with Crippen LogP contribution in [0.2, 0.25) is 0 Å². The van der Waals surface area contributed by atoms with Gasteiger partial charge in [-0.15, -0.1) is 6.58 Å². The van der Waals surface area contributed by atoms with Crippen molar-refractivity contribution in [2.45, 2.75) is 94.9 Å². The molecule has 0 unspecified atom stereocenters. The van der Waals surface area contributed by atoms with Crippen molar-refractivity contribution >= 4 is 16.2 Å². The summed E-state index contributed by atoms with van der Waals surface area (Å²) in [5.41, 5.74) is 0.960. The van der Waals surface area contributed by atoms with E-state index in [1.807, 2.05) is 69.0 Å². The SMILES string of the molecule is C=CC[C@]1(CCCCOS(=O)(=O)c2ccc(C)cc2)CC[C@@H](COCc2ccccc2)N1C(=O)OC(C)(C)C. The zero-order chi connectivity index (χ0) is 28.5. The van der Waals surface area contributed by atoms with Gasteiger partial charge in [-0.05, 0) is 83.9 Å². The van der Waals surface area contributed by atoms with E-state index in [1.54, 1.807) is 24.3 Å². The maximum Gasteiger partial charge on any atom is 0.411 e. The topological polar surface area (TPSA) is 82.1 Å². The molecule has 2 atom stereocenters. The quantitative estimate of drug-likeness (QED) is 0.153.